The summed E-state index contributed by atoms with van der Waals surface area (Å²) in [6, 6.07) is -2.53. The number of cyclic esters (lactones) is 1. The molecule has 0 saturated carbocycles. The number of nitrogens with one attached hydrogen (secondary N) is 3. The first-order valence-electron chi connectivity index (χ1n) is 12.6. The average Bonchev–Trinajstić information content (AvgIpc) is 3.20. The van der Waals surface area contributed by atoms with Gasteiger partial charge in [-0.15, -0.1) is 0 Å². The minimum absolute atomic E-state index is 0.116. The lowest BCUT2D eigenvalue weighted by molar-refractivity contribution is -0.147. The van der Waals surface area contributed by atoms with E-state index < -0.39 is 99.5 Å². The molecule has 3 amide bonds. The Labute approximate surface area is 244 Å². The quantitative estimate of drug-likeness (QED) is 0.0195. The summed E-state index contributed by atoms with van der Waals surface area (Å²) in [6.07, 6.45) is -3.81. The minimum Gasteiger partial charge on any atom is -0.505 e. The molecule has 43 heavy (non-hydrogen) atoms. The molecule has 3 unspecified atom stereocenters. The molecule has 1 aliphatic rings. The van der Waals surface area contributed by atoms with Crippen LogP contribution in [0.25, 0.3) is 0 Å². The number of nitrogens with two attached hydrogens (primary N) is 3. The molecule has 5 atom stereocenters. The van der Waals surface area contributed by atoms with Gasteiger partial charge in [0.25, 0.3) is 5.76 Å². The lowest BCUT2D eigenvalue weighted by atomic mass is 10.1. The third kappa shape index (κ3) is 13.7. The number of phosphoric acid groups is 1. The van der Waals surface area contributed by atoms with E-state index in [1.54, 1.807) is 0 Å². The first kappa shape index (κ1) is 37.0. The number of phosphoric ester groups is 1. The molecule has 0 saturated heterocycles. The van der Waals surface area contributed by atoms with Gasteiger partial charge < -0.3 is 62.8 Å². The van der Waals surface area contributed by atoms with Gasteiger partial charge in [0.15, 0.2) is 17.8 Å². The number of ether oxygens (including phenoxy) is 1. The number of rotatable bonds is 20. The monoisotopic (exact) mass is 641 g/mol. The SMILES string of the molecule is NC(N)=NCCC[C@H](N)C(=O)NCC(=O)NC(CC(=O)O)C(=O)NCCCOP(=O)(O)OC1=C(O)C([C@@H](O)CO)OC1=O. The fraction of sp³-hybridized carbons (Fsp3) is 0.619. The number of carbonyl (C=O) groups is 5. The standard InChI is InChI=1S/C21H36N7O14P/c22-10(3-1-4-26-21(23)24)18(35)27-8-13(31)28-11(7-14(32)33)19(36)25-5-2-6-40-43(38,39)42-17-15(34)16(12(30)9-29)41-20(17)37/h10-12,16,29-30,34H,1-9,22H2,(H,25,36)(H,27,35)(H,28,31)(H,32,33)(H,38,39)(H4,23,24,26)/t10-,11?,12-,16?/m0/s1. The maximum Gasteiger partial charge on any atom is 0.527 e. The zero-order chi connectivity index (χ0) is 32.7. The van der Waals surface area contributed by atoms with E-state index >= 15 is 0 Å². The molecule has 0 aromatic carbocycles. The third-order valence-corrected chi connectivity index (χ3v) is 6.22. The number of guanidine groups is 1. The van der Waals surface area contributed by atoms with E-state index in [9.17, 15) is 43.6 Å². The first-order chi connectivity index (χ1) is 20.1. The van der Waals surface area contributed by atoms with Crippen LogP contribution in [-0.4, -0.2) is 118 Å². The van der Waals surface area contributed by atoms with Crippen LogP contribution in [0.2, 0.25) is 0 Å². The number of hydrogen-bond donors (Lipinski definition) is 11. The van der Waals surface area contributed by atoms with Gasteiger partial charge in [-0.2, -0.15) is 0 Å². The number of carboxylic acids is 1. The van der Waals surface area contributed by atoms with Gasteiger partial charge in [-0.3, -0.25) is 33.6 Å². The maximum absolute atomic E-state index is 12.4. The van der Waals surface area contributed by atoms with Crippen molar-refractivity contribution in [1.29, 1.82) is 0 Å². The molecule has 0 radical (unpaired) electrons. The molecule has 1 rings (SSSR count). The summed E-state index contributed by atoms with van der Waals surface area (Å²) < 4.78 is 25.8. The van der Waals surface area contributed by atoms with Gasteiger partial charge in [0.1, 0.15) is 12.1 Å². The lowest BCUT2D eigenvalue weighted by Gasteiger charge is -2.18. The second-order valence-electron chi connectivity index (χ2n) is 8.82. The largest absolute Gasteiger partial charge is 0.527 e. The van der Waals surface area contributed by atoms with Crippen LogP contribution < -0.4 is 33.2 Å². The van der Waals surface area contributed by atoms with Gasteiger partial charge in [-0.1, -0.05) is 0 Å². The van der Waals surface area contributed by atoms with Crippen molar-refractivity contribution >= 4 is 43.4 Å². The van der Waals surface area contributed by atoms with Gasteiger partial charge >= 0.3 is 19.8 Å². The molecule has 0 aliphatic carbocycles. The molecule has 0 aromatic heterocycles. The van der Waals surface area contributed by atoms with Crippen LogP contribution in [0.3, 0.4) is 0 Å². The molecule has 0 spiro atoms. The van der Waals surface area contributed by atoms with Crippen molar-refractivity contribution in [3.05, 3.63) is 11.5 Å². The van der Waals surface area contributed by atoms with Crippen molar-refractivity contribution in [2.75, 3.05) is 32.8 Å². The van der Waals surface area contributed by atoms with Crippen molar-refractivity contribution in [3.63, 3.8) is 0 Å². The molecule has 244 valence electrons. The van der Waals surface area contributed by atoms with Gasteiger partial charge in [-0.05, 0) is 19.3 Å². The Hall–Kier alpha value is -4.01. The molecular weight excluding hydrogens is 605 g/mol. The van der Waals surface area contributed by atoms with Crippen LogP contribution in [0.1, 0.15) is 25.7 Å². The van der Waals surface area contributed by atoms with Crippen molar-refractivity contribution in [2.45, 2.75) is 50.0 Å². The highest BCUT2D eigenvalue weighted by Gasteiger charge is 2.43. The predicted octanol–water partition coefficient (Wildman–Crippen LogP) is -4.87. The fourth-order valence-electron chi connectivity index (χ4n) is 3.21. The van der Waals surface area contributed by atoms with Crippen LogP contribution in [0.5, 0.6) is 0 Å². The van der Waals surface area contributed by atoms with E-state index in [-0.39, 0.29) is 31.9 Å². The number of aliphatic hydroxyl groups is 3. The van der Waals surface area contributed by atoms with Gasteiger partial charge in [0.05, 0.1) is 32.2 Å². The first-order valence-corrected chi connectivity index (χ1v) is 14.0. The molecule has 0 bridgehead atoms. The van der Waals surface area contributed by atoms with Crippen LogP contribution in [0.4, 0.5) is 0 Å². The number of amides is 3. The van der Waals surface area contributed by atoms with E-state index in [0.717, 1.165) is 0 Å². The van der Waals surface area contributed by atoms with Gasteiger partial charge in [-0.25, -0.2) is 9.36 Å². The van der Waals surface area contributed by atoms with Gasteiger partial charge in [0.2, 0.25) is 17.7 Å². The third-order valence-electron chi connectivity index (χ3n) is 5.30. The number of esters is 1. The second-order valence-corrected chi connectivity index (χ2v) is 10.2. The Bertz CT molecular complexity index is 1130. The Kier molecular flexibility index (Phi) is 15.4. The topological polar surface area (TPSA) is 358 Å². The van der Waals surface area contributed by atoms with Gasteiger partial charge in [0, 0.05) is 13.1 Å². The van der Waals surface area contributed by atoms with E-state index in [4.69, 9.17) is 27.4 Å². The van der Waals surface area contributed by atoms with E-state index in [1.807, 2.05) is 0 Å². The van der Waals surface area contributed by atoms with Crippen LogP contribution in [0, 0.1) is 0 Å². The summed E-state index contributed by atoms with van der Waals surface area (Å²) in [6.45, 7) is -2.06. The fourth-order valence-corrected chi connectivity index (χ4v) is 4.02. The smallest absolute Gasteiger partial charge is 0.505 e. The van der Waals surface area contributed by atoms with Crippen LogP contribution >= 0.6 is 7.82 Å². The molecule has 0 aromatic rings. The van der Waals surface area contributed by atoms with E-state index in [0.29, 0.717) is 6.42 Å². The Balaban J connectivity index is 2.50. The number of carbonyl (C=O) groups excluding carboxylic acids is 4. The second kappa shape index (κ2) is 17.8. The summed E-state index contributed by atoms with van der Waals surface area (Å²) in [4.78, 5) is 73.0. The van der Waals surface area contributed by atoms with Crippen LogP contribution in [0.15, 0.2) is 16.5 Å². The molecule has 1 heterocycles. The summed E-state index contributed by atoms with van der Waals surface area (Å²) >= 11 is 0. The normalized spacial score (nSPS) is 18.0. The molecule has 22 heteroatoms. The number of aliphatic imine (C=N–C) groups is 1. The van der Waals surface area contributed by atoms with E-state index in [2.05, 4.69) is 34.7 Å². The molecule has 14 N–H and O–H groups in total. The summed E-state index contributed by atoms with van der Waals surface area (Å²) in [5.41, 5.74) is 16.1. The van der Waals surface area contributed by atoms with Crippen LogP contribution in [-0.2, 0) is 42.3 Å². The highest BCUT2D eigenvalue weighted by atomic mass is 31.2. The van der Waals surface area contributed by atoms with Crippen molar-refractivity contribution in [2.24, 2.45) is 22.2 Å². The Morgan fingerprint density at radius 1 is 1.14 bits per heavy atom. The number of hydrogen-bond acceptors (Lipinski definition) is 14. The molecule has 0 fully saturated rings. The zero-order valence-electron chi connectivity index (χ0n) is 22.7. The number of aliphatic hydroxyl groups excluding tert-OH is 3. The maximum atomic E-state index is 12.4. The molecule has 21 nitrogen and oxygen atoms in total. The Morgan fingerprint density at radius 2 is 1.81 bits per heavy atom. The average molecular weight is 642 g/mol. The van der Waals surface area contributed by atoms with Crippen molar-refractivity contribution < 1.29 is 67.6 Å². The summed E-state index contributed by atoms with van der Waals surface area (Å²) in [5, 5.41) is 44.0. The Morgan fingerprint density at radius 3 is 2.42 bits per heavy atom. The summed E-state index contributed by atoms with van der Waals surface area (Å²) in [5.74, 6) is -7.58. The molecule has 1 aliphatic heterocycles. The number of aliphatic carboxylic acids is 1. The highest BCUT2D eigenvalue weighted by Crippen LogP contribution is 2.47. The van der Waals surface area contributed by atoms with E-state index in [1.165, 1.54) is 0 Å². The minimum atomic E-state index is -5.01. The molecular formula is C21H36N7O14P. The lowest BCUT2D eigenvalue weighted by Crippen LogP contribution is -2.51. The number of nitrogens with zero attached hydrogens (tertiary/aromatic N) is 1. The highest BCUT2D eigenvalue weighted by molar-refractivity contribution is 7.47. The van der Waals surface area contributed by atoms with Crippen molar-refractivity contribution in [3.8, 4) is 0 Å². The van der Waals surface area contributed by atoms with Crippen molar-refractivity contribution in [1.82, 2.24) is 16.0 Å². The summed E-state index contributed by atoms with van der Waals surface area (Å²) in [7, 11) is -5.01. The number of carboxylic acid groups (broad SMARTS) is 1. The predicted molar refractivity (Wildman–Crippen MR) is 142 cm³/mol. The zero-order valence-corrected chi connectivity index (χ0v) is 23.6.